The van der Waals surface area contributed by atoms with E-state index in [-0.39, 0.29) is 0 Å². The molecule has 0 spiro atoms. The first-order valence-corrected chi connectivity index (χ1v) is 11.4. The average molecular weight is 493 g/mol. The molecule has 0 bridgehead atoms. The minimum absolute atomic E-state index is 0.303. The predicted octanol–water partition coefficient (Wildman–Crippen LogP) is 4.68. The standard InChI is InChI=1S/C24H23F3N2O4S/c25-24(26,27)21(30)12-15-29-13-10-17(11-14-29)23(32)33-16-22(31)28-19-8-4-5-9-20(19)34-18-6-2-1-3-7-18/h1-9,12,15,17H,10-11,13-14,16H2,(H,28,31). The number of amides is 1. The molecule has 1 aliphatic rings. The van der Waals surface area contributed by atoms with E-state index in [1.54, 1.807) is 17.0 Å². The third kappa shape index (κ3) is 7.65. The van der Waals surface area contributed by atoms with Gasteiger partial charge in [0.1, 0.15) is 0 Å². The van der Waals surface area contributed by atoms with Crippen LogP contribution in [0.5, 0.6) is 0 Å². The topological polar surface area (TPSA) is 75.7 Å². The number of ether oxygens (including phenoxy) is 1. The number of alkyl halides is 3. The first kappa shape index (κ1) is 25.4. The van der Waals surface area contributed by atoms with Crippen molar-refractivity contribution in [2.24, 2.45) is 5.92 Å². The molecule has 1 fully saturated rings. The molecule has 34 heavy (non-hydrogen) atoms. The van der Waals surface area contributed by atoms with E-state index < -0.39 is 36.4 Å². The van der Waals surface area contributed by atoms with Crippen molar-refractivity contribution in [3.63, 3.8) is 0 Å². The van der Waals surface area contributed by atoms with Gasteiger partial charge in [0.05, 0.1) is 11.6 Å². The lowest BCUT2D eigenvalue weighted by Crippen LogP contribution is -2.35. The smallest absolute Gasteiger partial charge is 0.454 e. The van der Waals surface area contributed by atoms with Crippen molar-refractivity contribution < 1.29 is 32.3 Å². The molecule has 1 N–H and O–H groups in total. The summed E-state index contributed by atoms with van der Waals surface area (Å²) in [6.45, 7) is 0.165. The first-order valence-electron chi connectivity index (χ1n) is 10.5. The maximum atomic E-state index is 12.3. The van der Waals surface area contributed by atoms with Crippen molar-refractivity contribution in [1.82, 2.24) is 4.90 Å². The molecule has 2 aromatic rings. The SMILES string of the molecule is O=C(COC(=O)C1CCN(C=CC(=O)C(F)(F)F)CC1)Nc1ccccc1Sc1ccccc1. The van der Waals surface area contributed by atoms with Crippen molar-refractivity contribution in [3.8, 4) is 0 Å². The van der Waals surface area contributed by atoms with Gasteiger partial charge in [-0.05, 0) is 37.1 Å². The van der Waals surface area contributed by atoms with E-state index in [9.17, 15) is 27.6 Å². The van der Waals surface area contributed by atoms with E-state index in [0.29, 0.717) is 37.7 Å². The molecule has 1 amide bonds. The highest BCUT2D eigenvalue weighted by Gasteiger charge is 2.36. The van der Waals surface area contributed by atoms with Crippen LogP contribution in [0.1, 0.15) is 12.8 Å². The number of esters is 1. The number of carbonyl (C=O) groups is 3. The van der Waals surface area contributed by atoms with Gasteiger partial charge in [0.15, 0.2) is 6.61 Å². The maximum absolute atomic E-state index is 12.3. The molecular formula is C24H23F3N2O4S. The molecule has 3 rings (SSSR count). The zero-order chi connectivity index (χ0) is 24.6. The van der Waals surface area contributed by atoms with Crippen LogP contribution in [0.25, 0.3) is 0 Å². The highest BCUT2D eigenvalue weighted by atomic mass is 32.2. The number of nitrogens with one attached hydrogen (secondary N) is 1. The lowest BCUT2D eigenvalue weighted by molar-refractivity contribution is -0.165. The number of benzene rings is 2. The van der Waals surface area contributed by atoms with Gasteiger partial charge < -0.3 is 15.0 Å². The summed E-state index contributed by atoms with van der Waals surface area (Å²) in [7, 11) is 0. The Balaban J connectivity index is 1.44. The lowest BCUT2D eigenvalue weighted by atomic mass is 9.97. The van der Waals surface area contributed by atoms with Crippen LogP contribution in [0.15, 0.2) is 76.7 Å². The number of anilines is 1. The molecule has 2 aromatic carbocycles. The maximum Gasteiger partial charge on any atom is 0.454 e. The molecule has 1 heterocycles. The molecule has 0 saturated carbocycles. The van der Waals surface area contributed by atoms with Gasteiger partial charge in [-0.25, -0.2) is 0 Å². The number of allylic oxidation sites excluding steroid dienone is 1. The van der Waals surface area contributed by atoms with Gasteiger partial charge in [-0.2, -0.15) is 13.2 Å². The second kappa shape index (κ2) is 11.7. The number of halogens is 3. The van der Waals surface area contributed by atoms with Gasteiger partial charge in [-0.3, -0.25) is 14.4 Å². The molecule has 1 saturated heterocycles. The molecule has 180 valence electrons. The largest absolute Gasteiger partial charge is 0.455 e. The van der Waals surface area contributed by atoms with Gasteiger partial charge in [-0.1, -0.05) is 42.1 Å². The van der Waals surface area contributed by atoms with Gasteiger partial charge in [0, 0.05) is 35.2 Å². The van der Waals surface area contributed by atoms with Crippen molar-refractivity contribution >= 4 is 35.1 Å². The highest BCUT2D eigenvalue weighted by Crippen LogP contribution is 2.33. The predicted molar refractivity (Wildman–Crippen MR) is 121 cm³/mol. The summed E-state index contributed by atoms with van der Waals surface area (Å²) in [5, 5.41) is 2.76. The van der Waals surface area contributed by atoms with Crippen molar-refractivity contribution in [1.29, 1.82) is 0 Å². The van der Waals surface area contributed by atoms with Crippen LogP contribution in [-0.4, -0.2) is 48.4 Å². The number of para-hydroxylation sites is 1. The first-order chi connectivity index (χ1) is 16.2. The van der Waals surface area contributed by atoms with Crippen LogP contribution < -0.4 is 5.32 Å². The van der Waals surface area contributed by atoms with Gasteiger partial charge >= 0.3 is 12.1 Å². The minimum Gasteiger partial charge on any atom is -0.455 e. The third-order valence-electron chi connectivity index (χ3n) is 5.06. The van der Waals surface area contributed by atoms with Crippen LogP contribution in [0, 0.1) is 5.92 Å². The number of rotatable bonds is 8. The third-order valence-corrected chi connectivity index (χ3v) is 6.14. The highest BCUT2D eigenvalue weighted by molar-refractivity contribution is 7.99. The van der Waals surface area contributed by atoms with Crippen LogP contribution in [0.2, 0.25) is 0 Å². The summed E-state index contributed by atoms with van der Waals surface area (Å²) in [5.74, 6) is -3.39. The lowest BCUT2D eigenvalue weighted by Gasteiger charge is -2.29. The van der Waals surface area contributed by atoms with Gasteiger partial charge in [-0.15, -0.1) is 0 Å². The van der Waals surface area contributed by atoms with Crippen LogP contribution in [-0.2, 0) is 19.1 Å². The molecule has 0 aromatic heterocycles. The van der Waals surface area contributed by atoms with Gasteiger partial charge in [0.2, 0.25) is 0 Å². The van der Waals surface area contributed by atoms with E-state index in [0.717, 1.165) is 16.0 Å². The Bertz CT molecular complexity index is 1040. The number of hydrogen-bond donors (Lipinski definition) is 1. The quantitative estimate of drug-likeness (QED) is 0.426. The van der Waals surface area contributed by atoms with E-state index in [4.69, 9.17) is 4.74 Å². The van der Waals surface area contributed by atoms with E-state index in [1.807, 2.05) is 42.5 Å². The minimum atomic E-state index is -4.90. The number of likely N-dealkylation sites (tertiary alicyclic amines) is 1. The summed E-state index contributed by atoms with van der Waals surface area (Å²) in [5.41, 5.74) is 0.603. The summed E-state index contributed by atoms with van der Waals surface area (Å²) in [6, 6.07) is 17.0. The molecule has 6 nitrogen and oxygen atoms in total. The zero-order valence-electron chi connectivity index (χ0n) is 18.1. The molecule has 0 atom stereocenters. The van der Waals surface area contributed by atoms with E-state index in [1.165, 1.54) is 11.8 Å². The number of piperidine rings is 1. The molecule has 0 radical (unpaired) electrons. The van der Waals surface area contributed by atoms with Gasteiger partial charge in [0.25, 0.3) is 11.7 Å². The molecule has 10 heteroatoms. The second-order valence-corrected chi connectivity index (χ2v) is 8.67. The number of ketones is 1. The van der Waals surface area contributed by atoms with E-state index >= 15 is 0 Å². The fourth-order valence-electron chi connectivity index (χ4n) is 3.27. The average Bonchev–Trinajstić information content (AvgIpc) is 2.82. The Kier molecular flexibility index (Phi) is 8.75. The number of carbonyl (C=O) groups excluding carboxylic acids is 3. The summed E-state index contributed by atoms with van der Waals surface area (Å²) in [4.78, 5) is 39.0. The molecule has 0 unspecified atom stereocenters. The Morgan fingerprint density at radius 1 is 1.03 bits per heavy atom. The Hall–Kier alpha value is -3.27. The summed E-state index contributed by atoms with van der Waals surface area (Å²) >= 11 is 1.49. The van der Waals surface area contributed by atoms with Crippen molar-refractivity contribution in [3.05, 3.63) is 66.9 Å². The van der Waals surface area contributed by atoms with Crippen molar-refractivity contribution in [2.75, 3.05) is 25.0 Å². The zero-order valence-corrected chi connectivity index (χ0v) is 18.9. The van der Waals surface area contributed by atoms with Crippen molar-refractivity contribution in [2.45, 2.75) is 28.8 Å². The number of nitrogens with zero attached hydrogens (tertiary/aromatic N) is 1. The monoisotopic (exact) mass is 492 g/mol. The fourth-order valence-corrected chi connectivity index (χ4v) is 4.19. The molecule has 0 aliphatic carbocycles. The Labute approximate surface area is 199 Å². The summed E-state index contributed by atoms with van der Waals surface area (Å²) < 4.78 is 41.9. The van der Waals surface area contributed by atoms with Crippen LogP contribution in [0.3, 0.4) is 0 Å². The Morgan fingerprint density at radius 3 is 2.35 bits per heavy atom. The molecule has 1 aliphatic heterocycles. The normalized spacial score (nSPS) is 14.7. The van der Waals surface area contributed by atoms with Crippen LogP contribution in [0.4, 0.5) is 18.9 Å². The second-order valence-electron chi connectivity index (χ2n) is 7.56. The molecular weight excluding hydrogens is 469 g/mol. The van der Waals surface area contributed by atoms with Crippen LogP contribution >= 0.6 is 11.8 Å². The number of hydrogen-bond acceptors (Lipinski definition) is 6. The fraction of sp³-hybridized carbons (Fsp3) is 0.292. The van der Waals surface area contributed by atoms with E-state index in [2.05, 4.69) is 5.32 Å². The Morgan fingerprint density at radius 2 is 1.68 bits per heavy atom. The summed E-state index contributed by atoms with van der Waals surface area (Å²) in [6.07, 6.45) is -2.63.